The van der Waals surface area contributed by atoms with Crippen molar-refractivity contribution in [2.45, 2.75) is 19.9 Å². The highest BCUT2D eigenvalue weighted by molar-refractivity contribution is 4.62. The highest BCUT2D eigenvalue weighted by atomic mass is 14.9. The minimum atomic E-state index is 0.511. The van der Waals surface area contributed by atoms with E-state index in [4.69, 9.17) is 6.57 Å². The van der Waals surface area contributed by atoms with Crippen LogP contribution in [0.25, 0.3) is 4.85 Å². The lowest BCUT2D eigenvalue weighted by Crippen LogP contribution is -2.24. The minimum absolute atomic E-state index is 0.511. The van der Waals surface area contributed by atoms with Gasteiger partial charge in [-0.2, -0.15) is 0 Å². The third-order valence-corrected chi connectivity index (χ3v) is 0.776. The van der Waals surface area contributed by atoms with E-state index in [1.165, 1.54) is 0 Å². The quantitative estimate of drug-likeness (QED) is 0.424. The Bertz CT molecular complexity index is 81.0. The van der Waals surface area contributed by atoms with Gasteiger partial charge < -0.3 is 10.2 Å². The van der Waals surface area contributed by atoms with Gasteiger partial charge in [-0.1, -0.05) is 13.8 Å². The summed E-state index contributed by atoms with van der Waals surface area (Å²) >= 11 is 0. The van der Waals surface area contributed by atoms with Crippen molar-refractivity contribution in [1.82, 2.24) is 5.32 Å². The van der Waals surface area contributed by atoms with Crippen LogP contribution in [0.2, 0.25) is 0 Å². The monoisotopic (exact) mass is 112 g/mol. The first-order chi connectivity index (χ1) is 3.77. The minimum Gasteiger partial charge on any atom is -0.316 e. The first-order valence-corrected chi connectivity index (χ1v) is 2.84. The molecule has 2 nitrogen and oxygen atoms in total. The van der Waals surface area contributed by atoms with E-state index in [0.717, 1.165) is 6.54 Å². The predicted molar refractivity (Wildman–Crippen MR) is 34.6 cm³/mol. The molecule has 0 saturated carbocycles. The number of nitrogens with zero attached hydrogens (tertiary/aromatic N) is 1. The summed E-state index contributed by atoms with van der Waals surface area (Å²) in [6, 6.07) is 0.511. The lowest BCUT2D eigenvalue weighted by Gasteiger charge is -2.01. The maximum Gasteiger partial charge on any atom is 0.226 e. The average Bonchev–Trinajstić information content (AvgIpc) is 1.66. The maximum absolute atomic E-state index is 6.43. The molecule has 1 N–H and O–H groups in total. The van der Waals surface area contributed by atoms with Gasteiger partial charge in [0.15, 0.2) is 0 Å². The van der Waals surface area contributed by atoms with Crippen molar-refractivity contribution < 1.29 is 0 Å². The molecule has 0 rings (SSSR count). The second kappa shape index (κ2) is 4.61. The molecule has 2 heteroatoms. The molecule has 0 aromatic rings. The number of hydrogen-bond donors (Lipinski definition) is 1. The van der Waals surface area contributed by atoms with Gasteiger partial charge in [-0.25, -0.2) is 6.57 Å². The summed E-state index contributed by atoms with van der Waals surface area (Å²) < 4.78 is 0. The van der Waals surface area contributed by atoms with Crippen LogP contribution in [-0.4, -0.2) is 19.1 Å². The van der Waals surface area contributed by atoms with E-state index in [1.54, 1.807) is 0 Å². The smallest absolute Gasteiger partial charge is 0.226 e. The molecule has 0 aromatic carbocycles. The van der Waals surface area contributed by atoms with E-state index in [1.807, 2.05) is 0 Å². The van der Waals surface area contributed by atoms with Gasteiger partial charge in [0.2, 0.25) is 6.54 Å². The lowest BCUT2D eigenvalue weighted by molar-refractivity contribution is 0.607. The lowest BCUT2D eigenvalue weighted by atomic mass is 10.4. The van der Waals surface area contributed by atoms with Crippen molar-refractivity contribution in [2.24, 2.45) is 0 Å². The van der Waals surface area contributed by atoms with Gasteiger partial charge in [0, 0.05) is 6.04 Å². The van der Waals surface area contributed by atoms with Gasteiger partial charge in [0.05, 0.1) is 6.54 Å². The van der Waals surface area contributed by atoms with E-state index < -0.39 is 0 Å². The number of rotatable bonds is 3. The van der Waals surface area contributed by atoms with Crippen LogP contribution in [-0.2, 0) is 0 Å². The van der Waals surface area contributed by atoms with Crippen molar-refractivity contribution in [3.8, 4) is 0 Å². The van der Waals surface area contributed by atoms with Crippen molar-refractivity contribution in [3.05, 3.63) is 11.4 Å². The highest BCUT2D eigenvalue weighted by Crippen LogP contribution is 1.73. The fraction of sp³-hybridized carbons (Fsp3) is 0.833. The van der Waals surface area contributed by atoms with Gasteiger partial charge in [0.25, 0.3) is 0 Å². The molecule has 0 atom stereocenters. The molecule has 0 heterocycles. The van der Waals surface area contributed by atoms with Crippen molar-refractivity contribution in [2.75, 3.05) is 13.1 Å². The Morgan fingerprint density at radius 2 is 2.25 bits per heavy atom. The Kier molecular flexibility index (Phi) is 4.29. The van der Waals surface area contributed by atoms with Crippen LogP contribution in [0, 0.1) is 6.57 Å². The van der Waals surface area contributed by atoms with Gasteiger partial charge in [-0.15, -0.1) is 0 Å². The average molecular weight is 112 g/mol. The van der Waals surface area contributed by atoms with Gasteiger partial charge in [-0.3, -0.25) is 0 Å². The Hall–Kier alpha value is -0.550. The topological polar surface area (TPSA) is 16.4 Å². The first kappa shape index (κ1) is 7.45. The largest absolute Gasteiger partial charge is 0.316 e. The number of nitrogens with one attached hydrogen (secondary N) is 1. The molecule has 0 bridgehead atoms. The Morgan fingerprint density at radius 3 is 2.62 bits per heavy atom. The SMILES string of the molecule is [C-]#[N+]CCNC(C)C. The summed E-state index contributed by atoms with van der Waals surface area (Å²) in [6.45, 7) is 12.0. The molecule has 0 spiro atoms. The molecule has 0 radical (unpaired) electrons. The van der Waals surface area contributed by atoms with Crippen LogP contribution in [0.15, 0.2) is 0 Å². The normalized spacial score (nSPS) is 9.25. The summed E-state index contributed by atoms with van der Waals surface area (Å²) in [5.74, 6) is 0. The van der Waals surface area contributed by atoms with Crippen LogP contribution < -0.4 is 5.32 Å². The van der Waals surface area contributed by atoms with E-state index in [9.17, 15) is 0 Å². The zero-order valence-corrected chi connectivity index (χ0v) is 5.44. The van der Waals surface area contributed by atoms with Crippen LogP contribution in [0.4, 0.5) is 0 Å². The van der Waals surface area contributed by atoms with E-state index >= 15 is 0 Å². The molecular formula is C6H12N2. The second-order valence-corrected chi connectivity index (χ2v) is 1.99. The Morgan fingerprint density at radius 1 is 1.62 bits per heavy atom. The predicted octanol–water partition coefficient (Wildman–Crippen LogP) is 0.904. The van der Waals surface area contributed by atoms with E-state index in [-0.39, 0.29) is 0 Å². The standard InChI is InChI=1S/C6H12N2/c1-6(2)8-5-4-7-3/h6,8H,4-5H2,1-2H3. The Balaban J connectivity index is 2.85. The molecule has 46 valence electrons. The summed E-state index contributed by atoms with van der Waals surface area (Å²) in [7, 11) is 0. The third-order valence-electron chi connectivity index (χ3n) is 0.776. The van der Waals surface area contributed by atoms with Crippen LogP contribution in [0.3, 0.4) is 0 Å². The number of hydrogen-bond acceptors (Lipinski definition) is 1. The van der Waals surface area contributed by atoms with Crippen LogP contribution in [0.5, 0.6) is 0 Å². The fourth-order valence-corrected chi connectivity index (χ4v) is 0.409. The summed E-state index contributed by atoms with van der Waals surface area (Å²) in [4.78, 5) is 3.20. The summed E-state index contributed by atoms with van der Waals surface area (Å²) in [6.07, 6.45) is 0. The van der Waals surface area contributed by atoms with Crippen molar-refractivity contribution in [1.29, 1.82) is 0 Å². The zero-order chi connectivity index (χ0) is 6.41. The molecule has 0 aliphatic rings. The van der Waals surface area contributed by atoms with Crippen molar-refractivity contribution in [3.63, 3.8) is 0 Å². The molecule has 0 aromatic heterocycles. The van der Waals surface area contributed by atoms with E-state index in [2.05, 4.69) is 24.0 Å². The third kappa shape index (κ3) is 5.45. The second-order valence-electron chi connectivity index (χ2n) is 1.99. The van der Waals surface area contributed by atoms with Gasteiger partial charge in [0.1, 0.15) is 0 Å². The Labute approximate surface area is 50.7 Å². The van der Waals surface area contributed by atoms with Gasteiger partial charge >= 0.3 is 0 Å². The highest BCUT2D eigenvalue weighted by Gasteiger charge is 1.89. The molecule has 8 heavy (non-hydrogen) atoms. The van der Waals surface area contributed by atoms with Crippen LogP contribution in [0.1, 0.15) is 13.8 Å². The summed E-state index contributed by atoms with van der Waals surface area (Å²) in [5.41, 5.74) is 0. The molecule has 0 aliphatic heterocycles. The summed E-state index contributed by atoms with van der Waals surface area (Å²) in [5, 5.41) is 3.13. The molecule has 0 aliphatic carbocycles. The van der Waals surface area contributed by atoms with E-state index in [0.29, 0.717) is 12.6 Å². The van der Waals surface area contributed by atoms with Crippen LogP contribution >= 0.6 is 0 Å². The van der Waals surface area contributed by atoms with Crippen molar-refractivity contribution >= 4 is 0 Å². The molecule has 0 saturated heterocycles. The molecule has 0 amide bonds. The van der Waals surface area contributed by atoms with Gasteiger partial charge in [-0.05, 0) is 0 Å². The first-order valence-electron chi connectivity index (χ1n) is 2.84. The molecular weight excluding hydrogens is 100 g/mol. The fourth-order valence-electron chi connectivity index (χ4n) is 0.409. The zero-order valence-electron chi connectivity index (χ0n) is 5.44. The molecule has 0 fully saturated rings. The maximum atomic E-state index is 6.43. The molecule has 0 unspecified atom stereocenters.